The van der Waals surface area contributed by atoms with Gasteiger partial charge in [-0.2, -0.15) is 0 Å². The van der Waals surface area contributed by atoms with E-state index < -0.39 is 0 Å². The number of hydrogen-bond donors (Lipinski definition) is 0. The summed E-state index contributed by atoms with van der Waals surface area (Å²) in [5.74, 6) is 1.20. The zero-order valence-corrected chi connectivity index (χ0v) is 15.2. The summed E-state index contributed by atoms with van der Waals surface area (Å²) in [6.07, 6.45) is 0. The Morgan fingerprint density at radius 3 is 2.25 bits per heavy atom. The molecule has 0 saturated carbocycles. The molecule has 0 N–H and O–H groups in total. The molecule has 2 aromatic carbocycles. The zero-order valence-electron chi connectivity index (χ0n) is 14.4. The molecule has 2 rings (SSSR count). The Morgan fingerprint density at radius 1 is 1.12 bits per heavy atom. The van der Waals surface area contributed by atoms with Crippen molar-refractivity contribution in [2.24, 2.45) is 0 Å². The Kier molecular flexibility index (Phi) is 6.10. The molecule has 0 aromatic heterocycles. The molecule has 0 aliphatic rings. The summed E-state index contributed by atoms with van der Waals surface area (Å²) in [6.45, 7) is 4.93. The summed E-state index contributed by atoms with van der Waals surface area (Å²) in [5.41, 5.74) is 2.40. The number of methoxy groups -OCH3 is 2. The van der Waals surface area contributed by atoms with E-state index in [9.17, 15) is 4.79 Å². The minimum absolute atomic E-state index is 0.0749. The average molecular weight is 348 g/mol. The summed E-state index contributed by atoms with van der Waals surface area (Å²) < 4.78 is 10.7. The minimum atomic E-state index is -0.0749. The molecule has 24 heavy (non-hydrogen) atoms. The highest BCUT2D eigenvalue weighted by Gasteiger charge is 2.18. The lowest BCUT2D eigenvalue weighted by Crippen LogP contribution is -2.30. The predicted octanol–water partition coefficient (Wildman–Crippen LogP) is 4.33. The van der Waals surface area contributed by atoms with Crippen LogP contribution in [0.15, 0.2) is 36.4 Å². The summed E-state index contributed by atoms with van der Waals surface area (Å²) in [5, 5.41) is 0.662. The molecule has 4 nitrogen and oxygen atoms in total. The summed E-state index contributed by atoms with van der Waals surface area (Å²) in [6, 6.07) is 11.0. The molecule has 0 unspecified atom stereocenters. The minimum Gasteiger partial charge on any atom is -0.496 e. The normalized spacial score (nSPS) is 10.4. The van der Waals surface area contributed by atoms with Crippen molar-refractivity contribution in [1.82, 2.24) is 4.90 Å². The number of rotatable bonds is 6. The quantitative estimate of drug-likeness (QED) is 0.780. The van der Waals surface area contributed by atoms with E-state index >= 15 is 0 Å². The van der Waals surface area contributed by atoms with Crippen LogP contribution in [0.4, 0.5) is 0 Å². The van der Waals surface area contributed by atoms with Gasteiger partial charge in [-0.1, -0.05) is 23.7 Å². The molecule has 1 amide bonds. The van der Waals surface area contributed by atoms with Crippen LogP contribution in [0.25, 0.3) is 0 Å². The first kappa shape index (κ1) is 18.1. The van der Waals surface area contributed by atoms with Gasteiger partial charge in [0.15, 0.2) is 0 Å². The second-order valence-corrected chi connectivity index (χ2v) is 5.89. The van der Waals surface area contributed by atoms with Gasteiger partial charge in [-0.05, 0) is 43.7 Å². The van der Waals surface area contributed by atoms with E-state index in [1.54, 1.807) is 31.3 Å². The van der Waals surface area contributed by atoms with E-state index in [4.69, 9.17) is 21.1 Å². The van der Waals surface area contributed by atoms with Crippen LogP contribution in [0.1, 0.15) is 28.4 Å². The van der Waals surface area contributed by atoms with Crippen LogP contribution in [0.5, 0.6) is 11.5 Å². The number of carbonyl (C=O) groups excluding carboxylic acids is 1. The lowest BCUT2D eigenvalue weighted by Gasteiger charge is -2.22. The number of hydrogen-bond acceptors (Lipinski definition) is 3. The van der Waals surface area contributed by atoms with E-state index in [1.807, 2.05) is 38.1 Å². The zero-order chi connectivity index (χ0) is 17.7. The Labute approximate surface area is 147 Å². The van der Waals surface area contributed by atoms with Crippen LogP contribution in [0.3, 0.4) is 0 Å². The van der Waals surface area contributed by atoms with Crippen LogP contribution in [0.2, 0.25) is 5.02 Å². The molecule has 0 aliphatic carbocycles. The third-order valence-electron chi connectivity index (χ3n) is 3.93. The highest BCUT2D eigenvalue weighted by molar-refractivity contribution is 6.30. The Hall–Kier alpha value is -2.20. The molecule has 0 spiro atoms. The maximum atomic E-state index is 12.9. The van der Waals surface area contributed by atoms with E-state index in [0.717, 1.165) is 11.1 Å². The molecule has 0 bridgehead atoms. The van der Waals surface area contributed by atoms with E-state index in [-0.39, 0.29) is 5.91 Å². The van der Waals surface area contributed by atoms with E-state index in [2.05, 4.69) is 0 Å². The summed E-state index contributed by atoms with van der Waals surface area (Å²) in [7, 11) is 3.17. The smallest absolute Gasteiger partial charge is 0.254 e. The summed E-state index contributed by atoms with van der Waals surface area (Å²) in [4.78, 5) is 14.7. The molecular formula is C19H22ClNO3. The molecule has 0 heterocycles. The lowest BCUT2D eigenvalue weighted by atomic mass is 10.1. The topological polar surface area (TPSA) is 38.8 Å². The van der Waals surface area contributed by atoms with E-state index in [1.165, 1.54) is 0 Å². The fraction of sp³-hybridized carbons (Fsp3) is 0.316. The van der Waals surface area contributed by atoms with Crippen molar-refractivity contribution in [1.29, 1.82) is 0 Å². The largest absolute Gasteiger partial charge is 0.496 e. The van der Waals surface area contributed by atoms with Crippen LogP contribution in [-0.2, 0) is 6.54 Å². The van der Waals surface area contributed by atoms with Crippen molar-refractivity contribution in [3.63, 3.8) is 0 Å². The first-order valence-electron chi connectivity index (χ1n) is 7.76. The molecule has 2 aromatic rings. The standard InChI is InChI=1S/C19H22ClNO3/c1-5-21(12-14-7-6-8-16(20)9-14)19(22)15-10-17(23-3)13(2)18(11-15)24-4/h6-11H,5,12H2,1-4H3. The SMILES string of the molecule is CCN(Cc1cccc(Cl)c1)C(=O)c1cc(OC)c(C)c(OC)c1. The first-order valence-corrected chi connectivity index (χ1v) is 8.14. The first-order chi connectivity index (χ1) is 11.5. The fourth-order valence-corrected chi connectivity index (χ4v) is 2.79. The Bertz CT molecular complexity index is 705. The van der Waals surface area contributed by atoms with Gasteiger partial charge < -0.3 is 14.4 Å². The van der Waals surface area contributed by atoms with Gasteiger partial charge in [0, 0.05) is 29.2 Å². The fourth-order valence-electron chi connectivity index (χ4n) is 2.58. The van der Waals surface area contributed by atoms with Gasteiger partial charge in [-0.15, -0.1) is 0 Å². The number of carbonyl (C=O) groups is 1. The van der Waals surface area contributed by atoms with Crippen LogP contribution >= 0.6 is 11.6 Å². The monoisotopic (exact) mass is 347 g/mol. The van der Waals surface area contributed by atoms with Crippen LogP contribution < -0.4 is 9.47 Å². The van der Waals surface area contributed by atoms with Gasteiger partial charge in [-0.3, -0.25) is 4.79 Å². The third-order valence-corrected chi connectivity index (χ3v) is 4.17. The Balaban J connectivity index is 2.31. The highest BCUT2D eigenvalue weighted by atomic mass is 35.5. The number of halogens is 1. The van der Waals surface area contributed by atoms with Gasteiger partial charge >= 0.3 is 0 Å². The molecular weight excluding hydrogens is 326 g/mol. The predicted molar refractivity (Wildman–Crippen MR) is 96.1 cm³/mol. The molecule has 128 valence electrons. The number of ether oxygens (including phenoxy) is 2. The van der Waals surface area contributed by atoms with E-state index in [0.29, 0.717) is 35.2 Å². The van der Waals surface area contributed by atoms with Gasteiger partial charge in [-0.25, -0.2) is 0 Å². The van der Waals surface area contributed by atoms with Crippen LogP contribution in [-0.4, -0.2) is 31.6 Å². The molecule has 0 aliphatic heterocycles. The molecule has 0 atom stereocenters. The van der Waals surface area contributed by atoms with Crippen molar-refractivity contribution in [2.75, 3.05) is 20.8 Å². The highest BCUT2D eigenvalue weighted by Crippen LogP contribution is 2.30. The van der Waals surface area contributed by atoms with Gasteiger partial charge in [0.1, 0.15) is 11.5 Å². The van der Waals surface area contributed by atoms with Gasteiger partial charge in [0.05, 0.1) is 14.2 Å². The van der Waals surface area contributed by atoms with Crippen molar-refractivity contribution in [2.45, 2.75) is 20.4 Å². The number of nitrogens with zero attached hydrogens (tertiary/aromatic N) is 1. The van der Waals surface area contributed by atoms with Crippen LogP contribution in [0, 0.1) is 6.92 Å². The second-order valence-electron chi connectivity index (χ2n) is 5.46. The molecule has 5 heteroatoms. The molecule has 0 radical (unpaired) electrons. The van der Waals surface area contributed by atoms with Gasteiger partial charge in [0.2, 0.25) is 0 Å². The lowest BCUT2D eigenvalue weighted by molar-refractivity contribution is 0.0752. The van der Waals surface area contributed by atoms with Crippen molar-refractivity contribution in [3.8, 4) is 11.5 Å². The Morgan fingerprint density at radius 2 is 1.75 bits per heavy atom. The van der Waals surface area contributed by atoms with Crippen molar-refractivity contribution < 1.29 is 14.3 Å². The number of benzene rings is 2. The van der Waals surface area contributed by atoms with Crippen molar-refractivity contribution in [3.05, 3.63) is 58.1 Å². The molecule has 0 fully saturated rings. The average Bonchev–Trinajstić information content (AvgIpc) is 2.59. The number of amides is 1. The van der Waals surface area contributed by atoms with Crippen molar-refractivity contribution >= 4 is 17.5 Å². The summed E-state index contributed by atoms with van der Waals surface area (Å²) >= 11 is 6.03. The maximum absolute atomic E-state index is 12.9. The van der Waals surface area contributed by atoms with Gasteiger partial charge in [0.25, 0.3) is 5.91 Å². The molecule has 0 saturated heterocycles. The third kappa shape index (κ3) is 4.01. The maximum Gasteiger partial charge on any atom is 0.254 e. The second kappa shape index (κ2) is 8.06.